The molecule has 1 aliphatic heterocycles. The van der Waals surface area contributed by atoms with Crippen LogP contribution < -0.4 is 10.6 Å². The van der Waals surface area contributed by atoms with Crippen molar-refractivity contribution in [1.82, 2.24) is 10.6 Å². The third kappa shape index (κ3) is 15.4. The van der Waals surface area contributed by atoms with Crippen LogP contribution in [0.2, 0.25) is 0 Å². The molecular weight excluding hydrogens is 436 g/mol. The Hall–Kier alpha value is -1.09. The van der Waals surface area contributed by atoms with E-state index < -0.39 is 12.2 Å². The monoisotopic (exact) mass is 476 g/mol. The molecule has 0 saturated carbocycles. The minimum atomic E-state index is -0.492. The van der Waals surface area contributed by atoms with Gasteiger partial charge in [0.05, 0.1) is 13.0 Å². The topological polar surface area (TPSA) is 93.7 Å². The van der Waals surface area contributed by atoms with Crippen LogP contribution in [0.4, 0.5) is 4.79 Å². The number of carbonyl (C=O) groups is 3. The van der Waals surface area contributed by atoms with Gasteiger partial charge in [0.25, 0.3) is 0 Å². The average Bonchev–Trinajstić information content (AvgIpc) is 3.26. The van der Waals surface area contributed by atoms with Crippen LogP contribution in [-0.4, -0.2) is 54.8 Å². The van der Waals surface area contributed by atoms with Crippen LogP contribution in [0.3, 0.4) is 0 Å². The lowest BCUT2D eigenvalue weighted by Gasteiger charge is -2.15. The molecule has 0 spiro atoms. The van der Waals surface area contributed by atoms with Crippen molar-refractivity contribution in [2.24, 2.45) is 0 Å². The summed E-state index contributed by atoms with van der Waals surface area (Å²) in [6.45, 7) is 5.20. The molecule has 1 heterocycles. The van der Waals surface area contributed by atoms with E-state index in [1.807, 2.05) is 28.5 Å². The smallest absolute Gasteiger partial charge is 0.407 e. The number of hydrogen-bond acceptors (Lipinski definition) is 7. The van der Waals surface area contributed by atoms with E-state index in [2.05, 4.69) is 10.6 Å². The van der Waals surface area contributed by atoms with E-state index in [4.69, 9.17) is 9.47 Å². The summed E-state index contributed by atoms with van der Waals surface area (Å²) in [7, 11) is 3.97. The SMILES string of the molecule is CCOC(=O)CC(CC)OC(=O)NCCCCCCNC(=O)CCCCC1CCSS1. The molecule has 0 aromatic heterocycles. The van der Waals surface area contributed by atoms with Crippen molar-refractivity contribution >= 4 is 39.6 Å². The summed E-state index contributed by atoms with van der Waals surface area (Å²) >= 11 is 0. The van der Waals surface area contributed by atoms with Crippen LogP contribution >= 0.6 is 21.6 Å². The summed E-state index contributed by atoms with van der Waals surface area (Å²) in [5.74, 6) is 1.08. The standard InChI is InChI=1S/C22H40N2O5S2/c1-3-18(17-21(26)28-4-2)29-22(27)24-15-10-6-5-9-14-23-20(25)12-8-7-11-19-13-16-30-31-19/h18-19H,3-17H2,1-2H3,(H,23,25)(H,24,27). The molecule has 2 amide bonds. The molecule has 0 radical (unpaired) electrons. The summed E-state index contributed by atoms with van der Waals surface area (Å²) in [4.78, 5) is 35.1. The first kappa shape index (κ1) is 27.9. The maximum absolute atomic E-state index is 11.9. The van der Waals surface area contributed by atoms with Gasteiger partial charge in [-0.3, -0.25) is 9.59 Å². The van der Waals surface area contributed by atoms with Gasteiger partial charge >= 0.3 is 12.1 Å². The van der Waals surface area contributed by atoms with Gasteiger partial charge in [0.1, 0.15) is 6.10 Å². The van der Waals surface area contributed by atoms with Gasteiger partial charge in [0.2, 0.25) is 5.91 Å². The Bertz CT molecular complexity index is 516. The number of amides is 2. The minimum Gasteiger partial charge on any atom is -0.466 e. The third-order valence-corrected chi connectivity index (χ3v) is 8.04. The van der Waals surface area contributed by atoms with Gasteiger partial charge in [-0.05, 0) is 45.4 Å². The van der Waals surface area contributed by atoms with Gasteiger partial charge in [-0.2, -0.15) is 0 Å². The Balaban J connectivity index is 1.90. The van der Waals surface area contributed by atoms with Crippen molar-refractivity contribution in [3.8, 4) is 0 Å². The van der Waals surface area contributed by atoms with Crippen molar-refractivity contribution < 1.29 is 23.9 Å². The van der Waals surface area contributed by atoms with Gasteiger partial charge in [-0.15, -0.1) is 0 Å². The van der Waals surface area contributed by atoms with Crippen LogP contribution in [0.15, 0.2) is 0 Å². The number of hydrogen-bond donors (Lipinski definition) is 2. The molecule has 0 aromatic carbocycles. The zero-order valence-electron chi connectivity index (χ0n) is 19.1. The zero-order valence-corrected chi connectivity index (χ0v) is 20.8. The fourth-order valence-electron chi connectivity index (χ4n) is 3.20. The number of alkyl carbamates (subject to hydrolysis) is 1. The molecule has 0 bridgehead atoms. The highest BCUT2D eigenvalue weighted by Crippen LogP contribution is 2.39. The average molecular weight is 477 g/mol. The molecule has 1 rings (SSSR count). The predicted octanol–water partition coefficient (Wildman–Crippen LogP) is 4.84. The molecule has 9 heteroatoms. The molecule has 1 fully saturated rings. The van der Waals surface area contributed by atoms with Gasteiger partial charge in [-0.25, -0.2) is 4.79 Å². The highest BCUT2D eigenvalue weighted by molar-refractivity contribution is 8.77. The number of nitrogens with one attached hydrogen (secondary N) is 2. The van der Waals surface area contributed by atoms with Crippen LogP contribution in [0.25, 0.3) is 0 Å². The Morgan fingerprint density at radius 3 is 2.39 bits per heavy atom. The second-order valence-corrected chi connectivity index (χ2v) is 10.5. The first-order chi connectivity index (χ1) is 15.0. The minimum absolute atomic E-state index is 0.0855. The first-order valence-corrected chi connectivity index (χ1v) is 14.1. The van der Waals surface area contributed by atoms with Gasteiger partial charge in [0, 0.05) is 30.5 Å². The highest BCUT2D eigenvalue weighted by atomic mass is 33.1. The first-order valence-electron chi connectivity index (χ1n) is 11.7. The second kappa shape index (κ2) is 18.5. The predicted molar refractivity (Wildman–Crippen MR) is 128 cm³/mol. The van der Waals surface area contributed by atoms with E-state index in [-0.39, 0.29) is 18.3 Å². The van der Waals surface area contributed by atoms with Gasteiger partial charge in [0.15, 0.2) is 0 Å². The number of ether oxygens (including phenoxy) is 2. The summed E-state index contributed by atoms with van der Waals surface area (Å²) in [5, 5.41) is 6.52. The van der Waals surface area contributed by atoms with E-state index >= 15 is 0 Å². The van der Waals surface area contributed by atoms with Crippen molar-refractivity contribution in [2.45, 2.75) is 95.8 Å². The van der Waals surface area contributed by atoms with E-state index in [0.29, 0.717) is 26.0 Å². The van der Waals surface area contributed by atoms with Crippen LogP contribution in [0, 0.1) is 0 Å². The van der Waals surface area contributed by atoms with Crippen molar-refractivity contribution in [2.75, 3.05) is 25.4 Å². The number of unbranched alkanes of at least 4 members (excludes halogenated alkanes) is 4. The summed E-state index contributed by atoms with van der Waals surface area (Å²) in [6.07, 6.45) is 8.79. The fraction of sp³-hybridized carbons (Fsp3) is 0.864. The van der Waals surface area contributed by atoms with Gasteiger partial charge in [-0.1, -0.05) is 47.8 Å². The molecule has 2 N–H and O–H groups in total. The molecular formula is C22H40N2O5S2. The van der Waals surface area contributed by atoms with Crippen molar-refractivity contribution in [3.63, 3.8) is 0 Å². The molecule has 0 aliphatic carbocycles. The third-order valence-electron chi connectivity index (χ3n) is 5.03. The highest BCUT2D eigenvalue weighted by Gasteiger charge is 2.17. The quantitative estimate of drug-likeness (QED) is 0.176. The van der Waals surface area contributed by atoms with Crippen molar-refractivity contribution in [1.29, 1.82) is 0 Å². The maximum Gasteiger partial charge on any atom is 0.407 e. The lowest BCUT2D eigenvalue weighted by molar-refractivity contribution is -0.145. The van der Waals surface area contributed by atoms with E-state index in [9.17, 15) is 14.4 Å². The summed E-state index contributed by atoms with van der Waals surface area (Å²) in [6, 6.07) is 0. The van der Waals surface area contributed by atoms with Crippen LogP contribution in [0.1, 0.15) is 84.5 Å². The number of rotatable bonds is 17. The second-order valence-electron chi connectivity index (χ2n) is 7.71. The number of carbonyl (C=O) groups excluding carboxylic acids is 3. The molecule has 2 atom stereocenters. The Morgan fingerprint density at radius 2 is 1.74 bits per heavy atom. The van der Waals surface area contributed by atoms with Crippen LogP contribution in [-0.2, 0) is 19.1 Å². The molecule has 0 aromatic rings. The van der Waals surface area contributed by atoms with E-state index in [1.165, 1.54) is 18.6 Å². The summed E-state index contributed by atoms with van der Waals surface area (Å²) < 4.78 is 10.1. The number of esters is 1. The lowest BCUT2D eigenvalue weighted by Crippen LogP contribution is -2.31. The Kier molecular flexibility index (Phi) is 16.7. The lowest BCUT2D eigenvalue weighted by atomic mass is 10.1. The molecule has 7 nitrogen and oxygen atoms in total. The normalized spacial score (nSPS) is 16.5. The zero-order chi connectivity index (χ0) is 22.7. The van der Waals surface area contributed by atoms with Crippen molar-refractivity contribution in [3.05, 3.63) is 0 Å². The molecule has 2 unspecified atom stereocenters. The van der Waals surface area contributed by atoms with E-state index in [1.54, 1.807) is 6.92 Å². The molecule has 31 heavy (non-hydrogen) atoms. The Morgan fingerprint density at radius 1 is 1.00 bits per heavy atom. The summed E-state index contributed by atoms with van der Waals surface area (Å²) in [5.41, 5.74) is 0. The maximum atomic E-state index is 11.9. The van der Waals surface area contributed by atoms with E-state index in [0.717, 1.165) is 50.3 Å². The largest absolute Gasteiger partial charge is 0.466 e. The van der Waals surface area contributed by atoms with Gasteiger partial charge < -0.3 is 20.1 Å². The molecule has 180 valence electrons. The molecule has 1 saturated heterocycles. The molecule has 1 aliphatic rings. The van der Waals surface area contributed by atoms with Crippen LogP contribution in [0.5, 0.6) is 0 Å². The Labute approximate surface area is 195 Å². The fourth-order valence-corrected chi connectivity index (χ4v) is 6.23.